The van der Waals surface area contributed by atoms with Gasteiger partial charge in [-0.15, -0.1) is 0 Å². The van der Waals surface area contributed by atoms with Crippen molar-refractivity contribution in [2.24, 2.45) is 5.41 Å². The number of furan rings is 1. The van der Waals surface area contributed by atoms with Crippen LogP contribution in [0.3, 0.4) is 0 Å². The van der Waals surface area contributed by atoms with E-state index in [0.717, 1.165) is 32.1 Å². The van der Waals surface area contributed by atoms with E-state index >= 15 is 0 Å². The first-order valence-electron chi connectivity index (χ1n) is 6.65. The maximum absolute atomic E-state index is 11.8. The number of carboxylic acids is 1. The lowest BCUT2D eigenvalue weighted by Crippen LogP contribution is -2.40. The third-order valence-electron chi connectivity index (χ3n) is 3.81. The van der Waals surface area contributed by atoms with Crippen LogP contribution in [-0.4, -0.2) is 23.5 Å². The fraction of sp³-hybridized carbons (Fsp3) is 0.571. The molecule has 0 bridgehead atoms. The molecule has 1 aliphatic carbocycles. The molecule has 0 spiro atoms. The molecule has 2 rings (SSSR count). The van der Waals surface area contributed by atoms with E-state index in [1.54, 1.807) is 12.1 Å². The summed E-state index contributed by atoms with van der Waals surface area (Å²) in [5.41, 5.74) is -0.299. The van der Waals surface area contributed by atoms with Gasteiger partial charge in [0.05, 0.1) is 12.7 Å². The molecule has 0 atom stereocenters. The Morgan fingerprint density at radius 3 is 2.63 bits per heavy atom. The van der Waals surface area contributed by atoms with Gasteiger partial charge in [0.1, 0.15) is 0 Å². The molecular weight excluding hydrogens is 246 g/mol. The summed E-state index contributed by atoms with van der Waals surface area (Å²) in [6, 6.07) is 3.25. The topological polar surface area (TPSA) is 79.5 Å². The van der Waals surface area contributed by atoms with Crippen LogP contribution in [0.15, 0.2) is 22.8 Å². The lowest BCUT2D eigenvalue weighted by Gasteiger charge is -2.36. The fourth-order valence-corrected chi connectivity index (χ4v) is 2.80. The molecule has 2 N–H and O–H groups in total. The second-order valence-corrected chi connectivity index (χ2v) is 5.29. The minimum absolute atomic E-state index is 0.117. The average molecular weight is 265 g/mol. The molecule has 19 heavy (non-hydrogen) atoms. The molecule has 104 valence electrons. The van der Waals surface area contributed by atoms with Crippen molar-refractivity contribution in [2.45, 2.75) is 38.5 Å². The molecule has 1 aromatic rings. The molecule has 0 aromatic carbocycles. The van der Waals surface area contributed by atoms with Crippen LogP contribution in [0.1, 0.15) is 49.1 Å². The first kappa shape index (κ1) is 13.6. The highest BCUT2D eigenvalue weighted by atomic mass is 16.4. The van der Waals surface area contributed by atoms with Crippen LogP contribution in [0.25, 0.3) is 0 Å². The minimum Gasteiger partial charge on any atom is -0.481 e. The highest BCUT2D eigenvalue weighted by Crippen LogP contribution is 2.38. The van der Waals surface area contributed by atoms with E-state index in [9.17, 15) is 9.59 Å². The predicted octanol–water partition coefficient (Wildman–Crippen LogP) is 2.43. The van der Waals surface area contributed by atoms with Gasteiger partial charge in [0, 0.05) is 6.54 Å². The minimum atomic E-state index is -0.797. The van der Waals surface area contributed by atoms with E-state index in [-0.39, 0.29) is 23.5 Å². The van der Waals surface area contributed by atoms with Crippen molar-refractivity contribution in [3.8, 4) is 0 Å². The van der Waals surface area contributed by atoms with Crippen LogP contribution in [-0.2, 0) is 4.79 Å². The molecule has 0 unspecified atom stereocenters. The SMILES string of the molecule is O=C(O)CC1(CNC(=O)c2ccco2)CCCCC1. The van der Waals surface area contributed by atoms with Crippen molar-refractivity contribution < 1.29 is 19.1 Å². The monoisotopic (exact) mass is 265 g/mol. The molecule has 0 radical (unpaired) electrons. The van der Waals surface area contributed by atoms with E-state index in [0.29, 0.717) is 6.54 Å². The van der Waals surface area contributed by atoms with Crippen molar-refractivity contribution in [1.29, 1.82) is 0 Å². The quantitative estimate of drug-likeness (QED) is 0.857. The van der Waals surface area contributed by atoms with Gasteiger partial charge in [0.15, 0.2) is 5.76 Å². The summed E-state index contributed by atoms with van der Waals surface area (Å²) < 4.78 is 5.02. The lowest BCUT2D eigenvalue weighted by atomic mass is 9.71. The Labute approximate surface area is 112 Å². The Kier molecular flexibility index (Phi) is 4.24. The third-order valence-corrected chi connectivity index (χ3v) is 3.81. The summed E-state index contributed by atoms with van der Waals surface area (Å²) in [6.45, 7) is 0.402. The number of amides is 1. The van der Waals surface area contributed by atoms with Gasteiger partial charge in [-0.1, -0.05) is 19.3 Å². The molecule has 1 saturated carbocycles. The molecule has 0 saturated heterocycles. The number of hydrogen-bond acceptors (Lipinski definition) is 3. The third kappa shape index (κ3) is 3.59. The highest BCUT2D eigenvalue weighted by Gasteiger charge is 2.34. The van der Waals surface area contributed by atoms with Gasteiger partial charge in [-0.3, -0.25) is 9.59 Å². The van der Waals surface area contributed by atoms with Crippen LogP contribution >= 0.6 is 0 Å². The fourth-order valence-electron chi connectivity index (χ4n) is 2.80. The van der Waals surface area contributed by atoms with Gasteiger partial charge >= 0.3 is 5.97 Å². The van der Waals surface area contributed by atoms with Crippen LogP contribution < -0.4 is 5.32 Å². The smallest absolute Gasteiger partial charge is 0.303 e. The van der Waals surface area contributed by atoms with Gasteiger partial charge in [-0.2, -0.15) is 0 Å². The average Bonchev–Trinajstić information content (AvgIpc) is 2.90. The van der Waals surface area contributed by atoms with Gasteiger partial charge in [-0.25, -0.2) is 0 Å². The summed E-state index contributed by atoms with van der Waals surface area (Å²) >= 11 is 0. The Hall–Kier alpha value is -1.78. The van der Waals surface area contributed by atoms with E-state index in [4.69, 9.17) is 9.52 Å². The highest BCUT2D eigenvalue weighted by molar-refractivity contribution is 5.91. The normalized spacial score (nSPS) is 17.9. The van der Waals surface area contributed by atoms with Crippen LogP contribution in [0.5, 0.6) is 0 Å². The van der Waals surface area contributed by atoms with E-state index in [1.807, 2.05) is 0 Å². The number of carboxylic acid groups (broad SMARTS) is 1. The number of rotatable bonds is 5. The zero-order valence-electron chi connectivity index (χ0n) is 10.9. The predicted molar refractivity (Wildman–Crippen MR) is 68.8 cm³/mol. The Bertz CT molecular complexity index is 432. The first-order valence-corrected chi connectivity index (χ1v) is 6.65. The Morgan fingerprint density at radius 2 is 2.05 bits per heavy atom. The molecular formula is C14H19NO4. The molecule has 1 fully saturated rings. The van der Waals surface area contributed by atoms with Gasteiger partial charge < -0.3 is 14.8 Å². The zero-order valence-corrected chi connectivity index (χ0v) is 10.9. The molecule has 5 heteroatoms. The lowest BCUT2D eigenvalue weighted by molar-refractivity contribution is -0.140. The van der Waals surface area contributed by atoms with Crippen LogP contribution in [0.2, 0.25) is 0 Å². The van der Waals surface area contributed by atoms with Crippen molar-refractivity contribution in [3.63, 3.8) is 0 Å². The summed E-state index contributed by atoms with van der Waals surface area (Å²) in [5, 5.41) is 11.9. The molecule has 1 aromatic heterocycles. The van der Waals surface area contributed by atoms with Gasteiger partial charge in [0.25, 0.3) is 5.91 Å². The number of carbonyl (C=O) groups is 2. The number of nitrogens with one attached hydrogen (secondary N) is 1. The summed E-state index contributed by atoms with van der Waals surface area (Å²) in [4.78, 5) is 22.8. The maximum Gasteiger partial charge on any atom is 0.303 e. The van der Waals surface area contributed by atoms with E-state index < -0.39 is 5.97 Å². The zero-order chi connectivity index (χ0) is 13.7. The standard InChI is InChI=1S/C14H19NO4/c16-12(17)9-14(6-2-1-3-7-14)10-15-13(18)11-5-4-8-19-11/h4-5,8H,1-3,6-7,9-10H2,(H,15,18)(H,16,17). The van der Waals surface area contributed by atoms with Gasteiger partial charge in [-0.05, 0) is 30.4 Å². The first-order chi connectivity index (χ1) is 9.11. The van der Waals surface area contributed by atoms with Crippen molar-refractivity contribution in [3.05, 3.63) is 24.2 Å². The van der Waals surface area contributed by atoms with Crippen molar-refractivity contribution in [1.82, 2.24) is 5.32 Å². The van der Waals surface area contributed by atoms with Gasteiger partial charge in [0.2, 0.25) is 0 Å². The molecule has 1 heterocycles. The van der Waals surface area contributed by atoms with Crippen molar-refractivity contribution in [2.75, 3.05) is 6.54 Å². The summed E-state index contributed by atoms with van der Waals surface area (Å²) in [6.07, 6.45) is 6.49. The number of carbonyl (C=O) groups excluding carboxylic acids is 1. The van der Waals surface area contributed by atoms with E-state index in [1.165, 1.54) is 6.26 Å². The second kappa shape index (κ2) is 5.91. The van der Waals surface area contributed by atoms with Crippen LogP contribution in [0, 0.1) is 5.41 Å². The maximum atomic E-state index is 11.8. The molecule has 1 amide bonds. The summed E-state index contributed by atoms with van der Waals surface area (Å²) in [5.74, 6) is -0.809. The Morgan fingerprint density at radius 1 is 1.32 bits per heavy atom. The van der Waals surface area contributed by atoms with Crippen LogP contribution in [0.4, 0.5) is 0 Å². The van der Waals surface area contributed by atoms with E-state index in [2.05, 4.69) is 5.32 Å². The molecule has 0 aliphatic heterocycles. The van der Waals surface area contributed by atoms with Crippen molar-refractivity contribution >= 4 is 11.9 Å². The number of aliphatic carboxylic acids is 1. The molecule has 5 nitrogen and oxygen atoms in total. The largest absolute Gasteiger partial charge is 0.481 e. The Balaban J connectivity index is 1.96. The number of hydrogen-bond donors (Lipinski definition) is 2. The summed E-state index contributed by atoms with van der Waals surface area (Å²) in [7, 11) is 0. The second-order valence-electron chi connectivity index (χ2n) is 5.29. The molecule has 1 aliphatic rings.